The van der Waals surface area contributed by atoms with E-state index in [1.165, 1.54) is 37.5 Å². The molecule has 0 aliphatic carbocycles. The summed E-state index contributed by atoms with van der Waals surface area (Å²) < 4.78 is 13.3. The summed E-state index contributed by atoms with van der Waals surface area (Å²) in [5, 5.41) is 2.87. The molecule has 0 saturated carbocycles. The molecule has 19 heavy (non-hydrogen) atoms. The molecule has 106 valence electrons. The monoisotopic (exact) mass is 266 g/mol. The fourth-order valence-corrected chi connectivity index (χ4v) is 1.92. The quantitative estimate of drug-likeness (QED) is 0.586. The Balaban J connectivity index is 2.43. The highest BCUT2D eigenvalue weighted by Gasteiger charge is 2.11. The van der Waals surface area contributed by atoms with Gasteiger partial charge in [0.2, 0.25) is 0 Å². The van der Waals surface area contributed by atoms with Gasteiger partial charge in [-0.1, -0.05) is 32.6 Å². The first kappa shape index (κ1) is 15.5. The van der Waals surface area contributed by atoms with E-state index in [1.807, 2.05) is 6.92 Å². The fraction of sp³-hybridized carbons (Fsp3) is 0.533. The maximum absolute atomic E-state index is 13.3. The number of hydrogen-bond acceptors (Lipinski definition) is 2. The number of halogens is 1. The number of nitrogen functional groups attached to an aromatic ring is 1. The van der Waals surface area contributed by atoms with Crippen LogP contribution in [0.1, 0.15) is 56.3 Å². The highest BCUT2D eigenvalue weighted by molar-refractivity contribution is 5.94. The molecule has 1 amide bonds. The second-order valence-electron chi connectivity index (χ2n) is 4.96. The molecule has 0 aliphatic heterocycles. The van der Waals surface area contributed by atoms with Gasteiger partial charge in [-0.3, -0.25) is 4.79 Å². The second kappa shape index (κ2) is 7.77. The summed E-state index contributed by atoms with van der Waals surface area (Å²) in [4.78, 5) is 11.9. The van der Waals surface area contributed by atoms with Crippen molar-refractivity contribution in [2.45, 2.75) is 52.0 Å². The Labute approximate surface area is 114 Å². The number of hydrogen-bond donors (Lipinski definition) is 2. The van der Waals surface area contributed by atoms with Gasteiger partial charge in [-0.05, 0) is 31.5 Å². The lowest BCUT2D eigenvalue weighted by Crippen LogP contribution is -2.32. The van der Waals surface area contributed by atoms with Gasteiger partial charge in [-0.2, -0.15) is 0 Å². The van der Waals surface area contributed by atoms with Crippen molar-refractivity contribution in [3.8, 4) is 0 Å². The Bertz CT molecular complexity index is 421. The van der Waals surface area contributed by atoms with Gasteiger partial charge in [0, 0.05) is 11.6 Å². The summed E-state index contributed by atoms with van der Waals surface area (Å²) in [6, 6.07) is 4.23. The van der Waals surface area contributed by atoms with Crippen LogP contribution >= 0.6 is 0 Å². The molecule has 0 saturated heterocycles. The number of amides is 1. The molecule has 1 aromatic carbocycles. The molecule has 0 bridgehead atoms. The predicted molar refractivity (Wildman–Crippen MR) is 76.5 cm³/mol. The van der Waals surface area contributed by atoms with Crippen molar-refractivity contribution in [3.63, 3.8) is 0 Å². The molecule has 4 heteroatoms. The molecule has 1 unspecified atom stereocenters. The van der Waals surface area contributed by atoms with Crippen molar-refractivity contribution in [2.75, 3.05) is 5.73 Å². The zero-order chi connectivity index (χ0) is 14.3. The molecule has 0 aliphatic rings. The molecule has 0 aromatic heterocycles. The lowest BCUT2D eigenvalue weighted by Gasteiger charge is -2.14. The highest BCUT2D eigenvalue weighted by atomic mass is 19.1. The normalized spacial score (nSPS) is 12.2. The minimum Gasteiger partial charge on any atom is -0.396 e. The maximum Gasteiger partial charge on any atom is 0.251 e. The van der Waals surface area contributed by atoms with E-state index in [2.05, 4.69) is 12.2 Å². The Morgan fingerprint density at radius 3 is 2.74 bits per heavy atom. The van der Waals surface area contributed by atoms with Gasteiger partial charge >= 0.3 is 0 Å². The zero-order valence-electron chi connectivity index (χ0n) is 11.7. The van der Waals surface area contributed by atoms with E-state index >= 15 is 0 Å². The van der Waals surface area contributed by atoms with Gasteiger partial charge in [0.25, 0.3) is 5.91 Å². The number of benzene rings is 1. The van der Waals surface area contributed by atoms with E-state index in [4.69, 9.17) is 5.73 Å². The van der Waals surface area contributed by atoms with Gasteiger partial charge in [0.1, 0.15) is 5.82 Å². The number of unbranched alkanes of at least 4 members (excludes halogenated alkanes) is 3. The Hall–Kier alpha value is -1.58. The van der Waals surface area contributed by atoms with E-state index in [0.29, 0.717) is 5.56 Å². The van der Waals surface area contributed by atoms with Gasteiger partial charge in [-0.15, -0.1) is 0 Å². The first-order chi connectivity index (χ1) is 9.04. The number of carbonyl (C=O) groups is 1. The number of nitrogens with one attached hydrogen (secondary N) is 1. The smallest absolute Gasteiger partial charge is 0.251 e. The summed E-state index contributed by atoms with van der Waals surface area (Å²) in [5.41, 5.74) is 5.75. The Morgan fingerprint density at radius 2 is 2.11 bits per heavy atom. The molecular formula is C15H23FN2O. The van der Waals surface area contributed by atoms with Crippen LogP contribution in [-0.2, 0) is 0 Å². The van der Waals surface area contributed by atoms with Crippen molar-refractivity contribution in [1.29, 1.82) is 0 Å². The van der Waals surface area contributed by atoms with E-state index in [0.717, 1.165) is 12.8 Å². The second-order valence-corrected chi connectivity index (χ2v) is 4.96. The number of carbonyl (C=O) groups excluding carboxylic acids is 1. The van der Waals surface area contributed by atoms with Crippen LogP contribution in [0.25, 0.3) is 0 Å². The predicted octanol–water partition coefficient (Wildman–Crippen LogP) is 3.50. The summed E-state index contributed by atoms with van der Waals surface area (Å²) >= 11 is 0. The first-order valence-corrected chi connectivity index (χ1v) is 6.90. The van der Waals surface area contributed by atoms with Crippen LogP contribution in [0.2, 0.25) is 0 Å². The third-order valence-electron chi connectivity index (χ3n) is 3.13. The number of rotatable bonds is 7. The lowest BCUT2D eigenvalue weighted by molar-refractivity contribution is 0.0937. The molecule has 1 rings (SSSR count). The van der Waals surface area contributed by atoms with Gasteiger partial charge in [0.15, 0.2) is 0 Å². The van der Waals surface area contributed by atoms with Crippen molar-refractivity contribution >= 4 is 11.6 Å². The largest absolute Gasteiger partial charge is 0.396 e. The fourth-order valence-electron chi connectivity index (χ4n) is 1.92. The Morgan fingerprint density at radius 1 is 1.37 bits per heavy atom. The summed E-state index contributed by atoms with van der Waals surface area (Å²) in [5.74, 6) is -0.801. The standard InChI is InChI=1S/C15H23FN2O/c1-3-4-5-6-7-11(2)18-15(19)12-8-9-14(17)13(16)10-12/h8-11H,3-7,17H2,1-2H3,(H,18,19). The molecule has 0 radical (unpaired) electrons. The van der Waals surface area contributed by atoms with E-state index in [9.17, 15) is 9.18 Å². The molecular weight excluding hydrogens is 243 g/mol. The number of nitrogens with two attached hydrogens (primary N) is 1. The van der Waals surface area contributed by atoms with Crippen molar-refractivity contribution in [1.82, 2.24) is 5.32 Å². The molecule has 0 spiro atoms. The van der Waals surface area contributed by atoms with Crippen LogP contribution < -0.4 is 11.1 Å². The number of anilines is 1. The summed E-state index contributed by atoms with van der Waals surface area (Å²) in [6.45, 7) is 4.14. The molecule has 1 aromatic rings. The van der Waals surface area contributed by atoms with Gasteiger partial charge in [0.05, 0.1) is 5.69 Å². The Kier molecular flexibility index (Phi) is 6.33. The van der Waals surface area contributed by atoms with Gasteiger partial charge < -0.3 is 11.1 Å². The van der Waals surface area contributed by atoms with Crippen LogP contribution in [0.5, 0.6) is 0 Å². The van der Waals surface area contributed by atoms with Crippen LogP contribution in [0.3, 0.4) is 0 Å². The van der Waals surface area contributed by atoms with Crippen molar-refractivity contribution in [3.05, 3.63) is 29.6 Å². The van der Waals surface area contributed by atoms with E-state index < -0.39 is 5.82 Å². The van der Waals surface area contributed by atoms with E-state index in [1.54, 1.807) is 0 Å². The molecule has 3 nitrogen and oxygen atoms in total. The average Bonchev–Trinajstić information content (AvgIpc) is 2.38. The van der Waals surface area contributed by atoms with Crippen LogP contribution in [0, 0.1) is 5.82 Å². The van der Waals surface area contributed by atoms with E-state index in [-0.39, 0.29) is 17.6 Å². The average molecular weight is 266 g/mol. The van der Waals surface area contributed by atoms with Crippen LogP contribution in [0.15, 0.2) is 18.2 Å². The molecule has 1 atom stereocenters. The lowest BCUT2D eigenvalue weighted by atomic mass is 10.1. The molecule has 0 heterocycles. The molecule has 0 fully saturated rings. The minimum atomic E-state index is -0.553. The topological polar surface area (TPSA) is 55.1 Å². The molecule has 3 N–H and O–H groups in total. The SMILES string of the molecule is CCCCCCC(C)NC(=O)c1ccc(N)c(F)c1. The first-order valence-electron chi connectivity index (χ1n) is 6.90. The third kappa shape index (κ3) is 5.28. The van der Waals surface area contributed by atoms with Crippen LogP contribution in [-0.4, -0.2) is 11.9 Å². The third-order valence-corrected chi connectivity index (χ3v) is 3.13. The highest BCUT2D eigenvalue weighted by Crippen LogP contribution is 2.12. The van der Waals surface area contributed by atoms with Crippen molar-refractivity contribution < 1.29 is 9.18 Å². The van der Waals surface area contributed by atoms with Gasteiger partial charge in [-0.25, -0.2) is 4.39 Å². The zero-order valence-corrected chi connectivity index (χ0v) is 11.7. The van der Waals surface area contributed by atoms with Crippen molar-refractivity contribution in [2.24, 2.45) is 0 Å². The summed E-state index contributed by atoms with van der Waals surface area (Å²) in [6.07, 6.45) is 5.66. The minimum absolute atomic E-state index is 0.0594. The maximum atomic E-state index is 13.3. The van der Waals surface area contributed by atoms with Crippen LogP contribution in [0.4, 0.5) is 10.1 Å². The summed E-state index contributed by atoms with van der Waals surface area (Å²) in [7, 11) is 0.